The first kappa shape index (κ1) is 15.1. The second-order valence-electron chi connectivity index (χ2n) is 3.47. The van der Waals surface area contributed by atoms with Crippen LogP contribution in [0.4, 0.5) is 13.2 Å². The van der Waals surface area contributed by atoms with Gasteiger partial charge in [0.15, 0.2) is 0 Å². The summed E-state index contributed by atoms with van der Waals surface area (Å²) in [7, 11) is 0. The standard InChI is InChI=1S/C9H18F3NOS/c1-8(7-14)3-2-4-13-5-6-15-9(10,11)12/h8,13-14H,2-7H2,1H3. The second kappa shape index (κ2) is 8.24. The molecule has 0 bridgehead atoms. The molecule has 92 valence electrons. The molecule has 0 aromatic carbocycles. The molecule has 2 N–H and O–H groups in total. The van der Waals surface area contributed by atoms with Gasteiger partial charge in [0.2, 0.25) is 0 Å². The van der Waals surface area contributed by atoms with Crippen molar-refractivity contribution >= 4 is 11.8 Å². The largest absolute Gasteiger partial charge is 0.441 e. The molecule has 15 heavy (non-hydrogen) atoms. The molecule has 0 aromatic heterocycles. The summed E-state index contributed by atoms with van der Waals surface area (Å²) in [6, 6.07) is 0. The van der Waals surface area contributed by atoms with Crippen molar-refractivity contribution in [3.8, 4) is 0 Å². The molecule has 0 amide bonds. The van der Waals surface area contributed by atoms with Gasteiger partial charge in [0, 0.05) is 18.9 Å². The van der Waals surface area contributed by atoms with Gasteiger partial charge >= 0.3 is 5.51 Å². The highest BCUT2D eigenvalue weighted by atomic mass is 32.2. The first-order valence-electron chi connectivity index (χ1n) is 4.98. The van der Waals surface area contributed by atoms with Gasteiger partial charge in [-0.15, -0.1) is 0 Å². The topological polar surface area (TPSA) is 32.3 Å². The third-order valence-electron chi connectivity index (χ3n) is 1.91. The fraction of sp³-hybridized carbons (Fsp3) is 1.00. The lowest BCUT2D eigenvalue weighted by atomic mass is 10.1. The molecular formula is C9H18F3NOS. The first-order chi connectivity index (χ1) is 6.95. The van der Waals surface area contributed by atoms with Crippen molar-refractivity contribution in [2.24, 2.45) is 5.92 Å². The summed E-state index contributed by atoms with van der Waals surface area (Å²) in [6.07, 6.45) is 1.79. The molecule has 6 heteroatoms. The number of aliphatic hydroxyl groups is 1. The summed E-state index contributed by atoms with van der Waals surface area (Å²) in [5.41, 5.74) is -4.12. The maximum absolute atomic E-state index is 11.7. The molecule has 0 aromatic rings. The molecule has 0 heterocycles. The first-order valence-corrected chi connectivity index (χ1v) is 5.96. The summed E-state index contributed by atoms with van der Waals surface area (Å²) in [5.74, 6) is 0.329. The van der Waals surface area contributed by atoms with E-state index < -0.39 is 5.51 Å². The van der Waals surface area contributed by atoms with Crippen LogP contribution in [0.2, 0.25) is 0 Å². The van der Waals surface area contributed by atoms with Crippen LogP contribution in [0.25, 0.3) is 0 Å². The van der Waals surface area contributed by atoms with E-state index in [2.05, 4.69) is 5.32 Å². The third-order valence-corrected chi connectivity index (χ3v) is 2.64. The van der Waals surface area contributed by atoms with Crippen LogP contribution in [-0.2, 0) is 0 Å². The number of halogens is 3. The molecule has 0 fully saturated rings. The minimum absolute atomic E-state index is 0.0000864. The number of alkyl halides is 3. The Labute approximate surface area is 92.6 Å². The van der Waals surface area contributed by atoms with Gasteiger partial charge in [-0.2, -0.15) is 13.2 Å². The Balaban J connectivity index is 3.12. The third kappa shape index (κ3) is 12.0. The van der Waals surface area contributed by atoms with Crippen LogP contribution in [0.5, 0.6) is 0 Å². The van der Waals surface area contributed by atoms with Gasteiger partial charge < -0.3 is 10.4 Å². The molecule has 1 atom stereocenters. The van der Waals surface area contributed by atoms with Crippen molar-refractivity contribution in [2.75, 3.05) is 25.4 Å². The maximum atomic E-state index is 11.7. The molecule has 0 spiro atoms. The molecule has 0 aliphatic heterocycles. The molecule has 0 saturated carbocycles. The SMILES string of the molecule is CC(CO)CCCNCCSC(F)(F)F. The van der Waals surface area contributed by atoms with E-state index in [1.165, 1.54) is 0 Å². The highest BCUT2D eigenvalue weighted by Crippen LogP contribution is 2.29. The highest BCUT2D eigenvalue weighted by Gasteiger charge is 2.27. The van der Waals surface area contributed by atoms with Crippen molar-refractivity contribution in [3.05, 3.63) is 0 Å². The Morgan fingerprint density at radius 2 is 2.00 bits per heavy atom. The van der Waals surface area contributed by atoms with Gasteiger partial charge in [-0.3, -0.25) is 0 Å². The van der Waals surface area contributed by atoms with E-state index in [-0.39, 0.29) is 30.0 Å². The number of aliphatic hydroxyl groups excluding tert-OH is 1. The number of rotatable bonds is 8. The van der Waals surface area contributed by atoms with Crippen LogP contribution in [-0.4, -0.2) is 36.1 Å². The summed E-state index contributed by atoms with van der Waals surface area (Å²) in [4.78, 5) is 0. The fourth-order valence-corrected chi connectivity index (χ4v) is 1.51. The van der Waals surface area contributed by atoms with Crippen LogP contribution >= 0.6 is 11.8 Å². The van der Waals surface area contributed by atoms with E-state index >= 15 is 0 Å². The Morgan fingerprint density at radius 3 is 2.53 bits per heavy atom. The number of thioether (sulfide) groups is 1. The monoisotopic (exact) mass is 245 g/mol. The maximum Gasteiger partial charge on any atom is 0.441 e. The van der Waals surface area contributed by atoms with Crippen molar-refractivity contribution < 1.29 is 18.3 Å². The average molecular weight is 245 g/mol. The Bertz CT molecular complexity index is 155. The number of nitrogens with one attached hydrogen (secondary N) is 1. The zero-order valence-electron chi connectivity index (χ0n) is 8.81. The van der Waals surface area contributed by atoms with E-state index in [0.29, 0.717) is 13.1 Å². The molecule has 2 nitrogen and oxygen atoms in total. The summed E-state index contributed by atoms with van der Waals surface area (Å²) < 4.78 is 35.1. The molecule has 0 rings (SSSR count). The Kier molecular flexibility index (Phi) is 8.27. The van der Waals surface area contributed by atoms with Crippen LogP contribution in [0, 0.1) is 5.92 Å². The molecule has 0 radical (unpaired) electrons. The Morgan fingerprint density at radius 1 is 1.33 bits per heavy atom. The number of hydrogen-bond donors (Lipinski definition) is 2. The van der Waals surface area contributed by atoms with Crippen molar-refractivity contribution in [1.29, 1.82) is 0 Å². The highest BCUT2D eigenvalue weighted by molar-refractivity contribution is 8.00. The molecule has 0 saturated heterocycles. The molecule has 1 unspecified atom stereocenters. The lowest BCUT2D eigenvalue weighted by Gasteiger charge is -2.08. The van der Waals surface area contributed by atoms with Gasteiger partial charge in [-0.1, -0.05) is 6.92 Å². The summed E-state index contributed by atoms with van der Waals surface area (Å²) >= 11 is -0.0000864. The lowest BCUT2D eigenvalue weighted by Crippen LogP contribution is -2.20. The number of hydrogen-bond acceptors (Lipinski definition) is 3. The Hall–Kier alpha value is 0.0600. The van der Waals surface area contributed by atoms with Crippen molar-refractivity contribution in [3.63, 3.8) is 0 Å². The lowest BCUT2D eigenvalue weighted by molar-refractivity contribution is -0.0327. The zero-order chi connectivity index (χ0) is 11.7. The van der Waals surface area contributed by atoms with Crippen LogP contribution in [0.1, 0.15) is 19.8 Å². The van der Waals surface area contributed by atoms with E-state index in [1.54, 1.807) is 0 Å². The smallest absolute Gasteiger partial charge is 0.396 e. The van der Waals surface area contributed by atoms with E-state index in [0.717, 1.165) is 12.8 Å². The summed E-state index contributed by atoms with van der Waals surface area (Å²) in [6.45, 7) is 3.20. The minimum atomic E-state index is -4.12. The van der Waals surface area contributed by atoms with Gasteiger partial charge in [-0.25, -0.2) is 0 Å². The van der Waals surface area contributed by atoms with Crippen LogP contribution in [0.3, 0.4) is 0 Å². The van der Waals surface area contributed by atoms with Gasteiger partial charge in [0.25, 0.3) is 0 Å². The van der Waals surface area contributed by atoms with Gasteiger partial charge in [-0.05, 0) is 37.1 Å². The van der Waals surface area contributed by atoms with Crippen molar-refractivity contribution in [1.82, 2.24) is 5.32 Å². The molecule has 0 aliphatic carbocycles. The zero-order valence-corrected chi connectivity index (χ0v) is 9.63. The van der Waals surface area contributed by atoms with Crippen molar-refractivity contribution in [2.45, 2.75) is 25.3 Å². The average Bonchev–Trinajstić information content (AvgIpc) is 2.14. The fourth-order valence-electron chi connectivity index (χ4n) is 1.03. The van der Waals surface area contributed by atoms with E-state index in [9.17, 15) is 13.2 Å². The predicted octanol–water partition coefficient (Wildman–Crippen LogP) is 2.24. The predicted molar refractivity (Wildman–Crippen MR) is 56.9 cm³/mol. The van der Waals surface area contributed by atoms with Gasteiger partial charge in [0.05, 0.1) is 0 Å². The summed E-state index contributed by atoms with van der Waals surface area (Å²) in [5, 5.41) is 11.7. The molecule has 0 aliphatic rings. The van der Waals surface area contributed by atoms with Crippen LogP contribution in [0.15, 0.2) is 0 Å². The molecular weight excluding hydrogens is 227 g/mol. The van der Waals surface area contributed by atoms with E-state index in [4.69, 9.17) is 5.11 Å². The van der Waals surface area contributed by atoms with Crippen LogP contribution < -0.4 is 5.32 Å². The van der Waals surface area contributed by atoms with Gasteiger partial charge in [0.1, 0.15) is 0 Å². The van der Waals surface area contributed by atoms with E-state index in [1.807, 2.05) is 6.92 Å². The minimum Gasteiger partial charge on any atom is -0.396 e. The normalized spacial score (nSPS) is 14.2. The second-order valence-corrected chi connectivity index (χ2v) is 4.63. The quantitative estimate of drug-likeness (QED) is 0.643.